The van der Waals surface area contributed by atoms with Crippen molar-refractivity contribution in [2.75, 3.05) is 7.11 Å². The third-order valence-corrected chi connectivity index (χ3v) is 3.31. The lowest BCUT2D eigenvalue weighted by molar-refractivity contribution is -0.140. The highest BCUT2D eigenvalue weighted by atomic mass is 16.5. The molecule has 0 radical (unpaired) electrons. The molecular weight excluding hydrogens is 216 g/mol. The van der Waals surface area contributed by atoms with Gasteiger partial charge in [-0.05, 0) is 17.8 Å². The van der Waals surface area contributed by atoms with Gasteiger partial charge in [-0.3, -0.25) is 4.79 Å². The van der Waals surface area contributed by atoms with Crippen LogP contribution in [0.4, 0.5) is 0 Å². The van der Waals surface area contributed by atoms with Crippen LogP contribution in [0.15, 0.2) is 24.3 Å². The topological polar surface area (TPSA) is 46.5 Å². The Kier molecular flexibility index (Phi) is 4.15. The summed E-state index contributed by atoms with van der Waals surface area (Å²) in [5, 5.41) is 10.4. The van der Waals surface area contributed by atoms with Gasteiger partial charge in [0.1, 0.15) is 5.60 Å². The lowest BCUT2D eigenvalue weighted by atomic mass is 9.73. The number of carbonyl (C=O) groups excluding carboxylic acids is 1. The van der Waals surface area contributed by atoms with E-state index < -0.39 is 5.60 Å². The summed E-state index contributed by atoms with van der Waals surface area (Å²) in [6.07, 6.45) is 8.72. The van der Waals surface area contributed by atoms with Crippen molar-refractivity contribution in [2.45, 2.75) is 39.2 Å². The lowest BCUT2D eigenvalue weighted by Gasteiger charge is -2.37. The van der Waals surface area contributed by atoms with Crippen LogP contribution in [0, 0.1) is 11.3 Å². The van der Waals surface area contributed by atoms with E-state index in [1.807, 2.05) is 45.1 Å². The van der Waals surface area contributed by atoms with Gasteiger partial charge in [-0.25, -0.2) is 0 Å². The average Bonchev–Trinajstić information content (AvgIpc) is 2.26. The number of aliphatic hydroxyl groups is 1. The second-order valence-corrected chi connectivity index (χ2v) is 5.57. The molecule has 0 bridgehead atoms. The SMILES string of the molecule is COC(=O)CCC1C=CC(O)(C(C)(C)C)C=C1. The first-order valence-electron chi connectivity index (χ1n) is 5.96. The Morgan fingerprint density at radius 1 is 1.35 bits per heavy atom. The molecule has 0 aromatic rings. The van der Waals surface area contributed by atoms with Crippen LogP contribution in [0.3, 0.4) is 0 Å². The zero-order valence-electron chi connectivity index (χ0n) is 11.1. The molecule has 0 atom stereocenters. The Labute approximate surface area is 103 Å². The highest BCUT2D eigenvalue weighted by Gasteiger charge is 2.36. The second-order valence-electron chi connectivity index (χ2n) is 5.57. The number of hydrogen-bond acceptors (Lipinski definition) is 3. The van der Waals surface area contributed by atoms with Gasteiger partial charge < -0.3 is 9.84 Å². The quantitative estimate of drug-likeness (QED) is 0.607. The molecule has 0 unspecified atom stereocenters. The van der Waals surface area contributed by atoms with Crippen LogP contribution in [-0.2, 0) is 9.53 Å². The van der Waals surface area contributed by atoms with Crippen LogP contribution in [-0.4, -0.2) is 23.8 Å². The Balaban J connectivity index is 2.57. The van der Waals surface area contributed by atoms with E-state index in [9.17, 15) is 9.90 Å². The van der Waals surface area contributed by atoms with E-state index in [0.29, 0.717) is 6.42 Å². The van der Waals surface area contributed by atoms with Gasteiger partial charge >= 0.3 is 5.97 Å². The highest BCUT2D eigenvalue weighted by molar-refractivity contribution is 5.69. The molecule has 0 saturated heterocycles. The Morgan fingerprint density at radius 2 is 1.88 bits per heavy atom. The largest absolute Gasteiger partial charge is 0.469 e. The molecule has 1 N–H and O–H groups in total. The maximum Gasteiger partial charge on any atom is 0.305 e. The van der Waals surface area contributed by atoms with Gasteiger partial charge in [0.2, 0.25) is 0 Å². The summed E-state index contributed by atoms with van der Waals surface area (Å²) in [6.45, 7) is 5.99. The van der Waals surface area contributed by atoms with Gasteiger partial charge in [-0.15, -0.1) is 0 Å². The normalized spacial score (nSPS) is 28.2. The molecule has 17 heavy (non-hydrogen) atoms. The molecule has 0 heterocycles. The van der Waals surface area contributed by atoms with Crippen LogP contribution in [0.2, 0.25) is 0 Å². The summed E-state index contributed by atoms with van der Waals surface area (Å²) >= 11 is 0. The third-order valence-electron chi connectivity index (χ3n) is 3.31. The van der Waals surface area contributed by atoms with Gasteiger partial charge in [-0.1, -0.05) is 45.1 Å². The molecule has 0 aromatic carbocycles. The van der Waals surface area contributed by atoms with Crippen molar-refractivity contribution in [3.63, 3.8) is 0 Å². The van der Waals surface area contributed by atoms with E-state index in [1.165, 1.54) is 7.11 Å². The second kappa shape index (κ2) is 5.05. The summed E-state index contributed by atoms with van der Waals surface area (Å²) in [6, 6.07) is 0. The fraction of sp³-hybridized carbons (Fsp3) is 0.643. The molecule has 1 aliphatic carbocycles. The maximum absolute atomic E-state index is 11.0. The number of methoxy groups -OCH3 is 1. The minimum Gasteiger partial charge on any atom is -0.469 e. The Bertz CT molecular complexity index is 320. The molecule has 1 rings (SSSR count). The summed E-state index contributed by atoms with van der Waals surface area (Å²) in [7, 11) is 1.40. The molecule has 0 fully saturated rings. The molecule has 0 aliphatic heterocycles. The van der Waals surface area contributed by atoms with Crippen LogP contribution >= 0.6 is 0 Å². The number of hydrogen-bond donors (Lipinski definition) is 1. The Hall–Kier alpha value is -1.09. The molecule has 96 valence electrons. The van der Waals surface area contributed by atoms with Crippen LogP contribution in [0.5, 0.6) is 0 Å². The maximum atomic E-state index is 11.0. The monoisotopic (exact) mass is 238 g/mol. The smallest absolute Gasteiger partial charge is 0.305 e. The van der Waals surface area contributed by atoms with E-state index in [-0.39, 0.29) is 17.3 Å². The van der Waals surface area contributed by atoms with Gasteiger partial charge in [-0.2, -0.15) is 0 Å². The van der Waals surface area contributed by atoms with Crippen molar-refractivity contribution >= 4 is 5.97 Å². The first-order chi connectivity index (χ1) is 7.78. The Morgan fingerprint density at radius 3 is 2.29 bits per heavy atom. The van der Waals surface area contributed by atoms with E-state index in [1.54, 1.807) is 0 Å². The van der Waals surface area contributed by atoms with E-state index in [4.69, 9.17) is 0 Å². The first kappa shape index (κ1) is 14.0. The average molecular weight is 238 g/mol. The number of ether oxygens (including phenoxy) is 1. The molecular formula is C14H22O3. The third kappa shape index (κ3) is 3.43. The summed E-state index contributed by atoms with van der Waals surface area (Å²) < 4.78 is 4.60. The molecule has 0 amide bonds. The van der Waals surface area contributed by atoms with Crippen molar-refractivity contribution in [2.24, 2.45) is 11.3 Å². The summed E-state index contributed by atoms with van der Waals surface area (Å²) in [4.78, 5) is 11.0. The van der Waals surface area contributed by atoms with Crippen LogP contribution < -0.4 is 0 Å². The van der Waals surface area contributed by atoms with Gasteiger partial charge in [0.05, 0.1) is 7.11 Å². The molecule has 0 spiro atoms. The molecule has 0 saturated carbocycles. The molecule has 1 aliphatic rings. The predicted octanol–water partition coefficient (Wildman–Crippen LogP) is 2.46. The van der Waals surface area contributed by atoms with Crippen molar-refractivity contribution in [3.8, 4) is 0 Å². The number of carbonyl (C=O) groups is 1. The summed E-state index contributed by atoms with van der Waals surface area (Å²) in [5.41, 5.74) is -1.12. The van der Waals surface area contributed by atoms with Crippen molar-refractivity contribution in [1.29, 1.82) is 0 Å². The lowest BCUT2D eigenvalue weighted by Crippen LogP contribution is -2.40. The number of allylic oxidation sites excluding steroid dienone is 2. The molecule has 3 nitrogen and oxygen atoms in total. The number of esters is 1. The summed E-state index contributed by atoms with van der Waals surface area (Å²) in [5.74, 6) is 0.0141. The van der Waals surface area contributed by atoms with Crippen molar-refractivity contribution in [1.82, 2.24) is 0 Å². The fourth-order valence-corrected chi connectivity index (χ4v) is 1.74. The number of rotatable bonds is 3. The fourth-order valence-electron chi connectivity index (χ4n) is 1.74. The molecule has 0 aromatic heterocycles. The van der Waals surface area contributed by atoms with E-state index in [0.717, 1.165) is 6.42 Å². The zero-order valence-corrected chi connectivity index (χ0v) is 11.1. The van der Waals surface area contributed by atoms with Crippen LogP contribution in [0.25, 0.3) is 0 Å². The van der Waals surface area contributed by atoms with E-state index in [2.05, 4.69) is 4.74 Å². The van der Waals surface area contributed by atoms with E-state index >= 15 is 0 Å². The first-order valence-corrected chi connectivity index (χ1v) is 5.96. The molecule has 3 heteroatoms. The van der Waals surface area contributed by atoms with Crippen molar-refractivity contribution < 1.29 is 14.6 Å². The standard InChI is InChI=1S/C14H22O3/c1-13(2,3)14(16)9-7-11(8-10-14)5-6-12(15)17-4/h7-11,16H,5-6H2,1-4H3. The van der Waals surface area contributed by atoms with Gasteiger partial charge in [0.15, 0.2) is 0 Å². The minimum absolute atomic E-state index is 0.191. The highest BCUT2D eigenvalue weighted by Crippen LogP contribution is 2.36. The zero-order chi connectivity index (χ0) is 13.1. The van der Waals surface area contributed by atoms with Crippen molar-refractivity contribution in [3.05, 3.63) is 24.3 Å². The van der Waals surface area contributed by atoms with Crippen LogP contribution in [0.1, 0.15) is 33.6 Å². The minimum atomic E-state index is -0.894. The van der Waals surface area contributed by atoms with Gasteiger partial charge in [0, 0.05) is 6.42 Å². The predicted molar refractivity (Wildman–Crippen MR) is 67.4 cm³/mol. The van der Waals surface area contributed by atoms with Gasteiger partial charge in [0.25, 0.3) is 0 Å².